The molecule has 2 N–H and O–H groups in total. The molecule has 0 amide bonds. The van der Waals surface area contributed by atoms with Gasteiger partial charge >= 0.3 is 0 Å². The number of Topliss-reactive ketones (excluding diaryl/α,β-unsaturated/α-hetero) is 1. The molecule has 2 rings (SSSR count). The number of carbonyl (C=O) groups is 1. The smallest absolute Gasteiger partial charge is 0.167 e. The van der Waals surface area contributed by atoms with Crippen LogP contribution < -0.4 is 15.2 Å². The van der Waals surface area contributed by atoms with E-state index in [9.17, 15) is 4.79 Å². The third-order valence-corrected chi connectivity index (χ3v) is 3.82. The van der Waals surface area contributed by atoms with Gasteiger partial charge in [0, 0.05) is 17.5 Å². The lowest BCUT2D eigenvalue weighted by atomic mass is 9.80. The van der Waals surface area contributed by atoms with Crippen LogP contribution in [0.25, 0.3) is 0 Å². The van der Waals surface area contributed by atoms with E-state index < -0.39 is 0 Å². The van der Waals surface area contributed by atoms with Crippen LogP contribution in [-0.4, -0.2) is 26.0 Å². The minimum atomic E-state index is -0.0631. The third kappa shape index (κ3) is 2.89. The first-order chi connectivity index (χ1) is 9.17. The lowest BCUT2D eigenvalue weighted by Gasteiger charge is -2.27. The molecule has 1 fully saturated rings. The largest absolute Gasteiger partial charge is 0.493 e. The number of ketones is 1. The number of nitrogens with two attached hydrogens (primary N) is 1. The van der Waals surface area contributed by atoms with E-state index >= 15 is 0 Å². The van der Waals surface area contributed by atoms with Crippen LogP contribution in [-0.2, 0) is 0 Å². The fraction of sp³-hybridized carbons (Fsp3) is 0.533. The summed E-state index contributed by atoms with van der Waals surface area (Å²) in [5.41, 5.74) is 6.72. The minimum Gasteiger partial charge on any atom is -0.493 e. The van der Waals surface area contributed by atoms with E-state index in [0.29, 0.717) is 17.1 Å². The molecule has 1 saturated carbocycles. The maximum absolute atomic E-state index is 12.5. The van der Waals surface area contributed by atoms with Crippen molar-refractivity contribution in [2.45, 2.75) is 31.7 Å². The molecule has 0 saturated heterocycles. The quantitative estimate of drug-likeness (QED) is 0.847. The van der Waals surface area contributed by atoms with Crippen molar-refractivity contribution in [1.82, 2.24) is 0 Å². The number of hydrogen-bond donors (Lipinski definition) is 1. The number of benzene rings is 1. The van der Waals surface area contributed by atoms with Gasteiger partial charge in [0.2, 0.25) is 0 Å². The molecule has 4 heteroatoms. The Kier molecular flexibility index (Phi) is 4.43. The van der Waals surface area contributed by atoms with Crippen molar-refractivity contribution in [3.8, 4) is 11.5 Å². The lowest BCUT2D eigenvalue weighted by Crippen LogP contribution is -2.38. The van der Waals surface area contributed by atoms with Crippen LogP contribution >= 0.6 is 0 Å². The van der Waals surface area contributed by atoms with Gasteiger partial charge in [-0.05, 0) is 31.0 Å². The van der Waals surface area contributed by atoms with Crippen LogP contribution in [0.5, 0.6) is 11.5 Å². The second-order valence-corrected chi connectivity index (χ2v) is 4.99. The summed E-state index contributed by atoms with van der Waals surface area (Å²) in [6, 6.07) is 5.27. The predicted molar refractivity (Wildman–Crippen MR) is 73.8 cm³/mol. The summed E-state index contributed by atoms with van der Waals surface area (Å²) >= 11 is 0. The lowest BCUT2D eigenvalue weighted by molar-refractivity contribution is 0.0870. The molecule has 1 aliphatic carbocycles. The van der Waals surface area contributed by atoms with E-state index in [1.165, 1.54) is 0 Å². The van der Waals surface area contributed by atoms with Gasteiger partial charge in [0.05, 0.1) is 14.2 Å². The summed E-state index contributed by atoms with van der Waals surface area (Å²) in [4.78, 5) is 12.5. The number of methoxy groups -OCH3 is 2. The molecular weight excluding hydrogens is 242 g/mol. The second-order valence-electron chi connectivity index (χ2n) is 4.99. The van der Waals surface area contributed by atoms with Gasteiger partial charge in [-0.1, -0.05) is 12.8 Å². The topological polar surface area (TPSA) is 61.5 Å². The van der Waals surface area contributed by atoms with Gasteiger partial charge in [0.1, 0.15) is 0 Å². The van der Waals surface area contributed by atoms with Crippen LogP contribution in [0.1, 0.15) is 36.0 Å². The summed E-state index contributed by atoms with van der Waals surface area (Å²) < 4.78 is 10.4. The van der Waals surface area contributed by atoms with Gasteiger partial charge in [-0.2, -0.15) is 0 Å². The summed E-state index contributed by atoms with van der Waals surface area (Å²) in [5.74, 6) is 1.27. The van der Waals surface area contributed by atoms with E-state index in [2.05, 4.69) is 0 Å². The SMILES string of the molecule is COc1ccc(C(=O)C2CCCCC2N)cc1OC. The van der Waals surface area contributed by atoms with E-state index in [0.717, 1.165) is 25.7 Å². The number of rotatable bonds is 4. The Morgan fingerprint density at radius 2 is 1.84 bits per heavy atom. The van der Waals surface area contributed by atoms with Gasteiger partial charge in [-0.15, -0.1) is 0 Å². The molecule has 0 aliphatic heterocycles. The first-order valence-corrected chi connectivity index (χ1v) is 6.69. The van der Waals surface area contributed by atoms with Crippen molar-refractivity contribution in [1.29, 1.82) is 0 Å². The Morgan fingerprint density at radius 3 is 2.47 bits per heavy atom. The molecule has 1 aromatic carbocycles. The Hall–Kier alpha value is -1.55. The Balaban J connectivity index is 2.23. The highest BCUT2D eigenvalue weighted by atomic mass is 16.5. The van der Waals surface area contributed by atoms with E-state index in [-0.39, 0.29) is 17.7 Å². The summed E-state index contributed by atoms with van der Waals surface area (Å²) in [6.07, 6.45) is 4.02. The maximum Gasteiger partial charge on any atom is 0.167 e. The van der Waals surface area contributed by atoms with E-state index in [1.807, 2.05) is 0 Å². The molecule has 2 atom stereocenters. The van der Waals surface area contributed by atoms with Crippen molar-refractivity contribution in [3.63, 3.8) is 0 Å². The fourth-order valence-corrected chi connectivity index (χ4v) is 2.69. The molecule has 104 valence electrons. The van der Waals surface area contributed by atoms with Crippen LogP contribution in [0.2, 0.25) is 0 Å². The van der Waals surface area contributed by atoms with Crippen molar-refractivity contribution in [2.24, 2.45) is 11.7 Å². The van der Waals surface area contributed by atoms with Crippen molar-refractivity contribution < 1.29 is 14.3 Å². The van der Waals surface area contributed by atoms with Gasteiger partial charge in [0.25, 0.3) is 0 Å². The molecule has 0 bridgehead atoms. The first kappa shape index (κ1) is 13.9. The number of hydrogen-bond acceptors (Lipinski definition) is 4. The Labute approximate surface area is 113 Å². The standard InChI is InChI=1S/C15H21NO3/c1-18-13-8-7-10(9-14(13)19-2)15(17)11-5-3-4-6-12(11)16/h7-9,11-12H,3-6,16H2,1-2H3. The van der Waals surface area contributed by atoms with Gasteiger partial charge in [0.15, 0.2) is 17.3 Å². The fourth-order valence-electron chi connectivity index (χ4n) is 2.69. The number of carbonyl (C=O) groups excluding carboxylic acids is 1. The summed E-state index contributed by atoms with van der Waals surface area (Å²) in [5, 5.41) is 0. The molecule has 0 aromatic heterocycles. The van der Waals surface area contributed by atoms with E-state index in [4.69, 9.17) is 15.2 Å². The van der Waals surface area contributed by atoms with Gasteiger partial charge in [-0.25, -0.2) is 0 Å². The highest BCUT2D eigenvalue weighted by molar-refractivity contribution is 5.99. The molecule has 1 aliphatic rings. The zero-order chi connectivity index (χ0) is 13.8. The summed E-state index contributed by atoms with van der Waals surface area (Å²) in [7, 11) is 3.15. The molecule has 0 radical (unpaired) electrons. The maximum atomic E-state index is 12.5. The minimum absolute atomic E-state index is 0.0191. The second kappa shape index (κ2) is 6.06. The molecular formula is C15H21NO3. The molecule has 0 spiro atoms. The van der Waals surface area contributed by atoms with Crippen LogP contribution in [0.15, 0.2) is 18.2 Å². The Bertz CT molecular complexity index is 459. The first-order valence-electron chi connectivity index (χ1n) is 6.69. The van der Waals surface area contributed by atoms with Crippen LogP contribution in [0, 0.1) is 5.92 Å². The highest BCUT2D eigenvalue weighted by Crippen LogP contribution is 2.31. The molecule has 19 heavy (non-hydrogen) atoms. The molecule has 4 nitrogen and oxygen atoms in total. The van der Waals surface area contributed by atoms with Crippen molar-refractivity contribution in [2.75, 3.05) is 14.2 Å². The highest BCUT2D eigenvalue weighted by Gasteiger charge is 2.29. The average Bonchev–Trinajstić information content (AvgIpc) is 2.46. The van der Waals surface area contributed by atoms with Crippen LogP contribution in [0.4, 0.5) is 0 Å². The summed E-state index contributed by atoms with van der Waals surface area (Å²) in [6.45, 7) is 0. The van der Waals surface area contributed by atoms with Crippen molar-refractivity contribution >= 4 is 5.78 Å². The van der Waals surface area contributed by atoms with E-state index in [1.54, 1.807) is 32.4 Å². The average molecular weight is 263 g/mol. The van der Waals surface area contributed by atoms with Gasteiger partial charge < -0.3 is 15.2 Å². The molecule has 1 aromatic rings. The zero-order valence-electron chi connectivity index (χ0n) is 11.5. The van der Waals surface area contributed by atoms with Crippen molar-refractivity contribution in [3.05, 3.63) is 23.8 Å². The normalized spacial score (nSPS) is 22.9. The Morgan fingerprint density at radius 1 is 1.16 bits per heavy atom. The van der Waals surface area contributed by atoms with Gasteiger partial charge in [-0.3, -0.25) is 4.79 Å². The predicted octanol–water partition coefficient (Wildman–Crippen LogP) is 2.40. The molecule has 0 heterocycles. The third-order valence-electron chi connectivity index (χ3n) is 3.82. The monoisotopic (exact) mass is 263 g/mol. The number of ether oxygens (including phenoxy) is 2. The molecule has 2 unspecified atom stereocenters. The van der Waals surface area contributed by atoms with Crippen LogP contribution in [0.3, 0.4) is 0 Å². The zero-order valence-corrected chi connectivity index (χ0v) is 11.5.